The fraction of sp³-hybridized carbons (Fsp3) is 0.111. The zero-order valence-corrected chi connectivity index (χ0v) is 14.8. The molecule has 0 aliphatic carbocycles. The van der Waals surface area contributed by atoms with Crippen molar-refractivity contribution in [2.24, 2.45) is 0 Å². The Bertz CT molecular complexity index is 719. The molecule has 21 heavy (non-hydrogen) atoms. The lowest BCUT2D eigenvalue weighted by molar-refractivity contribution is 0.476. The molecule has 104 valence electrons. The number of ether oxygens (including phenoxy) is 1. The van der Waals surface area contributed by atoms with E-state index in [1.807, 2.05) is 50.2 Å². The van der Waals surface area contributed by atoms with Gasteiger partial charge in [-0.1, -0.05) is 24.0 Å². The molecule has 0 aliphatic rings. The van der Waals surface area contributed by atoms with Gasteiger partial charge in [0, 0.05) is 11.1 Å². The Hall–Kier alpha value is -1.68. The maximum atomic E-state index is 5.98. The van der Waals surface area contributed by atoms with Gasteiger partial charge >= 0.3 is 0 Å². The summed E-state index contributed by atoms with van der Waals surface area (Å²) in [4.78, 5) is 0. The summed E-state index contributed by atoms with van der Waals surface area (Å²) in [5.74, 6) is 13.3. The average Bonchev–Trinajstić information content (AvgIpc) is 2.48. The Morgan fingerprint density at radius 2 is 1.19 bits per heavy atom. The molecule has 2 aromatic rings. The first-order chi connectivity index (χ1) is 10.2. The van der Waals surface area contributed by atoms with Gasteiger partial charge in [-0.3, -0.25) is 0 Å². The number of halogens is 2. The minimum absolute atomic E-state index is 0.720. The van der Waals surface area contributed by atoms with Gasteiger partial charge in [-0.25, -0.2) is 0 Å². The minimum Gasteiger partial charge on any atom is -0.455 e. The molecule has 2 rings (SSSR count). The SMILES string of the molecule is CC#Cc1cccc(Oc2cccc(C#CC)c2Br)c1Br. The molecule has 0 aliphatic heterocycles. The molecule has 0 N–H and O–H groups in total. The van der Waals surface area contributed by atoms with E-state index in [1.165, 1.54) is 0 Å². The van der Waals surface area contributed by atoms with E-state index in [2.05, 4.69) is 55.5 Å². The van der Waals surface area contributed by atoms with E-state index in [-0.39, 0.29) is 0 Å². The van der Waals surface area contributed by atoms with Gasteiger partial charge in [-0.2, -0.15) is 0 Å². The number of hydrogen-bond donors (Lipinski definition) is 0. The Balaban J connectivity index is 2.42. The highest BCUT2D eigenvalue weighted by Gasteiger charge is 2.10. The largest absolute Gasteiger partial charge is 0.455 e. The van der Waals surface area contributed by atoms with Crippen LogP contribution in [-0.2, 0) is 0 Å². The summed E-state index contributed by atoms with van der Waals surface area (Å²) in [6.07, 6.45) is 0. The van der Waals surface area contributed by atoms with Crippen LogP contribution < -0.4 is 4.74 Å². The maximum absolute atomic E-state index is 5.98. The van der Waals surface area contributed by atoms with Crippen LogP contribution in [0.25, 0.3) is 0 Å². The van der Waals surface area contributed by atoms with E-state index in [1.54, 1.807) is 0 Å². The highest BCUT2D eigenvalue weighted by Crippen LogP contribution is 2.36. The van der Waals surface area contributed by atoms with Gasteiger partial charge in [-0.05, 0) is 70.0 Å². The Morgan fingerprint density at radius 3 is 1.57 bits per heavy atom. The Labute approximate surface area is 142 Å². The molecule has 2 aromatic carbocycles. The van der Waals surface area contributed by atoms with Gasteiger partial charge in [0.05, 0.1) is 8.95 Å². The van der Waals surface area contributed by atoms with Crippen molar-refractivity contribution in [2.75, 3.05) is 0 Å². The lowest BCUT2D eigenvalue weighted by Gasteiger charge is -2.11. The van der Waals surface area contributed by atoms with E-state index >= 15 is 0 Å². The third-order valence-electron chi connectivity index (χ3n) is 2.67. The smallest absolute Gasteiger partial charge is 0.142 e. The van der Waals surface area contributed by atoms with Crippen molar-refractivity contribution in [3.05, 3.63) is 56.5 Å². The average molecular weight is 404 g/mol. The second-order valence-electron chi connectivity index (χ2n) is 4.09. The van der Waals surface area contributed by atoms with Crippen molar-refractivity contribution in [1.29, 1.82) is 0 Å². The molecule has 0 saturated heterocycles. The zero-order valence-electron chi connectivity index (χ0n) is 11.6. The van der Waals surface area contributed by atoms with Crippen molar-refractivity contribution >= 4 is 31.9 Å². The van der Waals surface area contributed by atoms with E-state index in [4.69, 9.17) is 4.74 Å². The summed E-state index contributed by atoms with van der Waals surface area (Å²) in [5.41, 5.74) is 1.80. The topological polar surface area (TPSA) is 9.23 Å². The molecule has 0 bridgehead atoms. The molecule has 0 amide bonds. The summed E-state index contributed by atoms with van der Waals surface area (Å²) in [6.45, 7) is 3.62. The van der Waals surface area contributed by atoms with Crippen LogP contribution in [0.2, 0.25) is 0 Å². The molecule has 0 atom stereocenters. The molecule has 0 aromatic heterocycles. The van der Waals surface area contributed by atoms with Crippen molar-refractivity contribution < 1.29 is 4.74 Å². The lowest BCUT2D eigenvalue weighted by Crippen LogP contribution is -1.90. The van der Waals surface area contributed by atoms with Crippen LogP contribution in [0.4, 0.5) is 0 Å². The van der Waals surface area contributed by atoms with Crippen molar-refractivity contribution in [1.82, 2.24) is 0 Å². The highest BCUT2D eigenvalue weighted by molar-refractivity contribution is 9.11. The fourth-order valence-electron chi connectivity index (χ4n) is 1.76. The van der Waals surface area contributed by atoms with Crippen LogP contribution >= 0.6 is 31.9 Å². The molecule has 0 heterocycles. The first kappa shape index (κ1) is 15.7. The van der Waals surface area contributed by atoms with Gasteiger partial charge in [0.25, 0.3) is 0 Å². The molecular formula is C18H12Br2O. The van der Waals surface area contributed by atoms with Gasteiger partial charge in [0.2, 0.25) is 0 Å². The van der Waals surface area contributed by atoms with Crippen LogP contribution in [0.15, 0.2) is 45.3 Å². The maximum Gasteiger partial charge on any atom is 0.142 e. The fourth-order valence-corrected chi connectivity index (χ4v) is 2.65. The first-order valence-electron chi connectivity index (χ1n) is 6.27. The van der Waals surface area contributed by atoms with Crippen molar-refractivity contribution in [2.45, 2.75) is 13.8 Å². The summed E-state index contributed by atoms with van der Waals surface area (Å²) in [7, 11) is 0. The second-order valence-corrected chi connectivity index (χ2v) is 5.67. The van der Waals surface area contributed by atoms with E-state index in [0.717, 1.165) is 31.6 Å². The predicted molar refractivity (Wildman–Crippen MR) is 93.5 cm³/mol. The monoisotopic (exact) mass is 402 g/mol. The molecule has 0 radical (unpaired) electrons. The Kier molecular flexibility index (Phi) is 5.51. The lowest BCUT2D eigenvalue weighted by atomic mass is 10.2. The van der Waals surface area contributed by atoms with Crippen molar-refractivity contribution in [3.63, 3.8) is 0 Å². The summed E-state index contributed by atoms with van der Waals surface area (Å²) in [5, 5.41) is 0. The molecule has 0 saturated carbocycles. The second kappa shape index (κ2) is 7.36. The van der Waals surface area contributed by atoms with Crippen LogP contribution in [0.5, 0.6) is 11.5 Å². The molecular weight excluding hydrogens is 392 g/mol. The molecule has 1 nitrogen and oxygen atoms in total. The Morgan fingerprint density at radius 1 is 0.762 bits per heavy atom. The van der Waals surface area contributed by atoms with Gasteiger partial charge < -0.3 is 4.74 Å². The van der Waals surface area contributed by atoms with Crippen LogP contribution in [0.1, 0.15) is 25.0 Å². The molecule has 0 spiro atoms. The van der Waals surface area contributed by atoms with Crippen molar-refractivity contribution in [3.8, 4) is 35.2 Å². The van der Waals surface area contributed by atoms with Crippen LogP contribution in [0.3, 0.4) is 0 Å². The van der Waals surface area contributed by atoms with Gasteiger partial charge in [0.1, 0.15) is 11.5 Å². The van der Waals surface area contributed by atoms with E-state index in [9.17, 15) is 0 Å². The van der Waals surface area contributed by atoms with Crippen LogP contribution in [-0.4, -0.2) is 0 Å². The number of rotatable bonds is 2. The molecule has 0 fully saturated rings. The van der Waals surface area contributed by atoms with Gasteiger partial charge in [-0.15, -0.1) is 11.8 Å². The molecule has 3 heteroatoms. The quantitative estimate of drug-likeness (QED) is 0.580. The van der Waals surface area contributed by atoms with E-state index < -0.39 is 0 Å². The summed E-state index contributed by atoms with van der Waals surface area (Å²) >= 11 is 7.09. The van der Waals surface area contributed by atoms with E-state index in [0.29, 0.717) is 0 Å². The third-order valence-corrected chi connectivity index (χ3v) is 4.30. The zero-order chi connectivity index (χ0) is 15.2. The summed E-state index contributed by atoms with van der Waals surface area (Å²) in [6, 6.07) is 11.5. The van der Waals surface area contributed by atoms with Crippen LogP contribution in [0, 0.1) is 23.7 Å². The standard InChI is InChI=1S/C18H12Br2O/c1-3-7-13-9-5-11-15(17(13)19)21-16-12-6-10-14(8-4-2)18(16)20/h5-6,9-12H,1-2H3. The number of benzene rings is 2. The summed E-state index contributed by atoms with van der Waals surface area (Å²) < 4.78 is 7.68. The predicted octanol–water partition coefficient (Wildman–Crippen LogP) is 5.75. The first-order valence-corrected chi connectivity index (χ1v) is 7.86. The van der Waals surface area contributed by atoms with Gasteiger partial charge in [0.15, 0.2) is 0 Å². The normalized spacial score (nSPS) is 9.14. The third kappa shape index (κ3) is 3.70. The number of hydrogen-bond acceptors (Lipinski definition) is 1. The molecule has 0 unspecified atom stereocenters. The minimum atomic E-state index is 0.720. The highest BCUT2D eigenvalue weighted by atomic mass is 79.9.